The quantitative estimate of drug-likeness (QED) is 0.907. The van der Waals surface area contributed by atoms with E-state index in [1.54, 1.807) is 6.20 Å². The minimum absolute atomic E-state index is 0.0284. The molecular weight excluding hydrogens is 306 g/mol. The smallest absolute Gasteiger partial charge is 0.321 e. The zero-order chi connectivity index (χ0) is 13.7. The molecule has 0 saturated carbocycles. The first kappa shape index (κ1) is 14.1. The predicted octanol–water partition coefficient (Wildman–Crippen LogP) is 2.38. The van der Waals surface area contributed by atoms with Crippen molar-refractivity contribution in [3.8, 4) is 0 Å². The van der Waals surface area contributed by atoms with Crippen molar-refractivity contribution in [1.82, 2.24) is 15.1 Å². The second kappa shape index (κ2) is 6.73. The number of rotatable bonds is 2. The molecule has 1 saturated heterocycles. The van der Waals surface area contributed by atoms with Gasteiger partial charge < -0.3 is 15.1 Å². The van der Waals surface area contributed by atoms with Gasteiger partial charge in [0.15, 0.2) is 0 Å². The molecule has 2 amide bonds. The summed E-state index contributed by atoms with van der Waals surface area (Å²) in [4.78, 5) is 16.0. The molecule has 0 aromatic heterocycles. The summed E-state index contributed by atoms with van der Waals surface area (Å²) in [6.45, 7) is 3.44. The molecule has 0 spiro atoms. The second-order valence-corrected chi connectivity index (χ2v) is 5.54. The molecule has 1 fully saturated rings. The van der Waals surface area contributed by atoms with E-state index in [1.165, 1.54) is 0 Å². The summed E-state index contributed by atoms with van der Waals surface area (Å²) in [5.41, 5.74) is 1.05. The Labute approximate surface area is 122 Å². The lowest BCUT2D eigenvalue weighted by molar-refractivity contribution is 0.157. The first-order valence-corrected chi connectivity index (χ1v) is 7.10. The van der Waals surface area contributed by atoms with Crippen LogP contribution in [0.5, 0.6) is 0 Å². The summed E-state index contributed by atoms with van der Waals surface area (Å²) < 4.78 is 1.03. The number of nitrogens with one attached hydrogen (secondary N) is 1. The molecule has 1 aliphatic heterocycles. The first-order valence-electron chi connectivity index (χ1n) is 6.31. The second-order valence-electron chi connectivity index (χ2n) is 4.63. The highest BCUT2D eigenvalue weighted by atomic mass is 79.9. The minimum Gasteiger partial charge on any atom is -0.322 e. The highest BCUT2D eigenvalue weighted by Crippen LogP contribution is 2.12. The Bertz CT molecular complexity index is 468. The average Bonchev–Trinajstić information content (AvgIpc) is 2.39. The average molecular weight is 324 g/mol. The van der Waals surface area contributed by atoms with Crippen LogP contribution in [0.1, 0.15) is 5.56 Å². The molecule has 1 heterocycles. The third-order valence-corrected chi connectivity index (χ3v) is 3.62. The lowest BCUT2D eigenvalue weighted by Gasteiger charge is -2.31. The first-order chi connectivity index (χ1) is 9.15. The van der Waals surface area contributed by atoms with Crippen molar-refractivity contribution in [1.29, 1.82) is 0 Å². The number of piperazine rings is 1. The molecule has 0 aliphatic carbocycles. The van der Waals surface area contributed by atoms with Crippen molar-refractivity contribution in [3.63, 3.8) is 0 Å². The van der Waals surface area contributed by atoms with Gasteiger partial charge in [0.05, 0.1) is 0 Å². The van der Waals surface area contributed by atoms with Gasteiger partial charge in [0.1, 0.15) is 0 Å². The van der Waals surface area contributed by atoms with Gasteiger partial charge in [-0.15, -0.1) is 0 Å². The van der Waals surface area contributed by atoms with Gasteiger partial charge in [-0.25, -0.2) is 4.79 Å². The fourth-order valence-corrected chi connectivity index (χ4v) is 2.34. The molecule has 0 bridgehead atoms. The summed E-state index contributed by atoms with van der Waals surface area (Å²) in [7, 11) is 2.07. The van der Waals surface area contributed by atoms with E-state index in [1.807, 2.05) is 35.2 Å². The van der Waals surface area contributed by atoms with Crippen molar-refractivity contribution in [2.24, 2.45) is 0 Å². The van der Waals surface area contributed by atoms with Gasteiger partial charge in [0, 0.05) is 36.9 Å². The van der Waals surface area contributed by atoms with Crippen molar-refractivity contribution in [3.05, 3.63) is 40.5 Å². The summed E-state index contributed by atoms with van der Waals surface area (Å²) in [5, 5.41) is 2.81. The molecule has 1 aliphatic rings. The van der Waals surface area contributed by atoms with Gasteiger partial charge in [0.2, 0.25) is 0 Å². The topological polar surface area (TPSA) is 35.6 Å². The van der Waals surface area contributed by atoms with Gasteiger partial charge in [-0.2, -0.15) is 0 Å². The van der Waals surface area contributed by atoms with E-state index in [-0.39, 0.29) is 6.03 Å². The van der Waals surface area contributed by atoms with E-state index < -0.39 is 0 Å². The van der Waals surface area contributed by atoms with Crippen LogP contribution in [-0.4, -0.2) is 49.1 Å². The van der Waals surface area contributed by atoms with Crippen LogP contribution in [0.15, 0.2) is 34.9 Å². The maximum atomic E-state index is 11.9. The number of hydrogen-bond acceptors (Lipinski definition) is 2. The van der Waals surface area contributed by atoms with Crippen LogP contribution < -0.4 is 5.32 Å². The fraction of sp³-hybridized carbons (Fsp3) is 0.357. The van der Waals surface area contributed by atoms with Gasteiger partial charge in [-0.3, -0.25) is 0 Å². The molecule has 0 atom stereocenters. The molecule has 2 rings (SSSR count). The largest absolute Gasteiger partial charge is 0.322 e. The summed E-state index contributed by atoms with van der Waals surface area (Å²) in [5.74, 6) is 0. The number of hydrogen-bond donors (Lipinski definition) is 1. The third kappa shape index (κ3) is 4.36. The Morgan fingerprint density at radius 3 is 2.74 bits per heavy atom. The van der Waals surface area contributed by atoms with Crippen LogP contribution in [0, 0.1) is 0 Å². The molecule has 0 unspecified atom stereocenters. The van der Waals surface area contributed by atoms with Crippen LogP contribution in [0.2, 0.25) is 0 Å². The summed E-state index contributed by atoms with van der Waals surface area (Å²) in [6.07, 6.45) is 3.58. The zero-order valence-corrected chi connectivity index (χ0v) is 12.6. The Balaban J connectivity index is 1.83. The van der Waals surface area contributed by atoms with E-state index in [4.69, 9.17) is 0 Å². The van der Waals surface area contributed by atoms with Crippen LogP contribution in [0.3, 0.4) is 0 Å². The molecule has 5 heteroatoms. The van der Waals surface area contributed by atoms with Crippen molar-refractivity contribution >= 4 is 28.0 Å². The van der Waals surface area contributed by atoms with E-state index >= 15 is 0 Å². The number of urea groups is 1. The maximum Gasteiger partial charge on any atom is 0.321 e. The third-order valence-electron chi connectivity index (χ3n) is 3.12. The van der Waals surface area contributed by atoms with Gasteiger partial charge in [-0.1, -0.05) is 28.1 Å². The van der Waals surface area contributed by atoms with Crippen molar-refractivity contribution in [2.45, 2.75) is 0 Å². The number of carbonyl (C=O) groups is 1. The Kier molecular flexibility index (Phi) is 4.99. The van der Waals surface area contributed by atoms with Crippen LogP contribution in [0.4, 0.5) is 4.79 Å². The molecule has 102 valence electrons. The van der Waals surface area contributed by atoms with Gasteiger partial charge in [-0.05, 0) is 30.8 Å². The Morgan fingerprint density at radius 1 is 1.32 bits per heavy atom. The van der Waals surface area contributed by atoms with Crippen LogP contribution in [-0.2, 0) is 0 Å². The number of benzene rings is 1. The highest BCUT2D eigenvalue weighted by Gasteiger charge is 2.17. The van der Waals surface area contributed by atoms with Crippen molar-refractivity contribution in [2.75, 3.05) is 33.2 Å². The number of halogens is 1. The summed E-state index contributed by atoms with van der Waals surface area (Å²) >= 11 is 3.42. The lowest BCUT2D eigenvalue weighted by Crippen LogP contribution is -2.49. The van der Waals surface area contributed by atoms with Crippen LogP contribution >= 0.6 is 15.9 Å². The molecule has 1 aromatic carbocycles. The van der Waals surface area contributed by atoms with Crippen LogP contribution in [0.25, 0.3) is 6.08 Å². The fourth-order valence-electron chi connectivity index (χ4n) is 1.92. The number of nitrogens with zero attached hydrogens (tertiary/aromatic N) is 2. The standard InChI is InChI=1S/C14H18BrN3O/c1-17-7-9-18(10-8-17)14(19)16-6-5-12-3-2-4-13(15)11-12/h2-6,11H,7-10H2,1H3,(H,16,19)/b6-5+. The molecule has 1 N–H and O–H groups in total. The Hall–Kier alpha value is -1.33. The molecular formula is C14H18BrN3O. The number of likely N-dealkylation sites (N-methyl/N-ethyl adjacent to an activating group) is 1. The molecule has 19 heavy (non-hydrogen) atoms. The molecule has 1 aromatic rings. The Morgan fingerprint density at radius 2 is 2.05 bits per heavy atom. The van der Waals surface area contributed by atoms with E-state index in [0.29, 0.717) is 0 Å². The monoisotopic (exact) mass is 323 g/mol. The van der Waals surface area contributed by atoms with Crippen molar-refractivity contribution < 1.29 is 4.79 Å². The number of carbonyl (C=O) groups excluding carboxylic acids is 1. The van der Waals surface area contributed by atoms with E-state index in [9.17, 15) is 4.79 Å². The molecule has 4 nitrogen and oxygen atoms in total. The maximum absolute atomic E-state index is 11.9. The highest BCUT2D eigenvalue weighted by molar-refractivity contribution is 9.10. The number of amides is 2. The lowest BCUT2D eigenvalue weighted by atomic mass is 10.2. The van der Waals surface area contributed by atoms with Gasteiger partial charge >= 0.3 is 6.03 Å². The summed E-state index contributed by atoms with van der Waals surface area (Å²) in [6, 6.07) is 7.90. The van der Waals surface area contributed by atoms with E-state index in [0.717, 1.165) is 36.2 Å². The predicted molar refractivity (Wildman–Crippen MR) is 80.8 cm³/mol. The SMILES string of the molecule is CN1CCN(C(=O)N/C=C/c2cccc(Br)c2)CC1. The van der Waals surface area contributed by atoms with E-state index in [2.05, 4.69) is 33.2 Å². The minimum atomic E-state index is -0.0284. The normalized spacial score (nSPS) is 16.8. The molecule has 0 radical (unpaired) electrons. The zero-order valence-electron chi connectivity index (χ0n) is 11.0. The van der Waals surface area contributed by atoms with Gasteiger partial charge in [0.25, 0.3) is 0 Å².